The Hall–Kier alpha value is -2.99. The summed E-state index contributed by atoms with van der Waals surface area (Å²) >= 11 is 3.49. The smallest absolute Gasteiger partial charge is 0.244 e. The van der Waals surface area contributed by atoms with Crippen molar-refractivity contribution in [3.05, 3.63) is 99.8 Å². The maximum Gasteiger partial charge on any atom is 0.244 e. The van der Waals surface area contributed by atoms with Gasteiger partial charge in [-0.3, -0.25) is 9.59 Å². The second-order valence-corrected chi connectivity index (χ2v) is 8.51. The first-order valence-electron chi connectivity index (χ1n) is 10.2. The van der Waals surface area contributed by atoms with Gasteiger partial charge in [0.2, 0.25) is 11.8 Å². The van der Waals surface area contributed by atoms with Crippen LogP contribution in [-0.4, -0.2) is 23.3 Å². The molecule has 1 aliphatic rings. The average Bonchev–Trinajstić information content (AvgIpc) is 2.91. The number of fused-ring (bicyclic) bond motifs is 1. The number of halogens is 2. The summed E-state index contributed by atoms with van der Waals surface area (Å²) in [5, 5.41) is 2.90. The summed E-state index contributed by atoms with van der Waals surface area (Å²) in [5.74, 6) is -0.695. The van der Waals surface area contributed by atoms with Gasteiger partial charge in [-0.25, -0.2) is 4.39 Å². The van der Waals surface area contributed by atoms with Crippen LogP contribution >= 0.6 is 15.9 Å². The van der Waals surface area contributed by atoms with E-state index in [2.05, 4.69) is 21.2 Å². The number of nitrogens with one attached hydrogen (secondary N) is 1. The second-order valence-electron chi connectivity index (χ2n) is 7.59. The molecule has 3 aromatic carbocycles. The summed E-state index contributed by atoms with van der Waals surface area (Å²) in [6, 6.07) is 21.2. The molecule has 3 aromatic rings. The molecule has 0 saturated heterocycles. The summed E-state index contributed by atoms with van der Waals surface area (Å²) in [7, 11) is 0. The number of nitrogens with zero attached hydrogens (tertiary/aromatic N) is 1. The fourth-order valence-corrected chi connectivity index (χ4v) is 4.32. The lowest BCUT2D eigenvalue weighted by Gasteiger charge is -2.31. The zero-order valence-corrected chi connectivity index (χ0v) is 18.4. The molecular formula is C25H22BrFN2O2. The predicted octanol–water partition coefficient (Wildman–Crippen LogP) is 5.48. The minimum absolute atomic E-state index is 0.0570. The molecule has 1 N–H and O–H groups in total. The number of benzene rings is 3. The van der Waals surface area contributed by atoms with E-state index in [4.69, 9.17) is 0 Å². The van der Waals surface area contributed by atoms with Crippen molar-refractivity contribution < 1.29 is 14.0 Å². The third-order valence-corrected chi connectivity index (χ3v) is 5.91. The van der Waals surface area contributed by atoms with Crippen LogP contribution in [0, 0.1) is 5.82 Å². The van der Waals surface area contributed by atoms with Crippen molar-refractivity contribution in [1.82, 2.24) is 4.90 Å². The van der Waals surface area contributed by atoms with Gasteiger partial charge in [-0.1, -0.05) is 58.4 Å². The van der Waals surface area contributed by atoms with E-state index in [1.807, 2.05) is 48.5 Å². The summed E-state index contributed by atoms with van der Waals surface area (Å²) < 4.78 is 14.4. The van der Waals surface area contributed by atoms with Crippen LogP contribution in [-0.2, 0) is 16.0 Å². The van der Waals surface area contributed by atoms with Crippen molar-refractivity contribution in [2.24, 2.45) is 0 Å². The van der Waals surface area contributed by atoms with Crippen molar-refractivity contribution >= 4 is 33.4 Å². The highest BCUT2D eigenvalue weighted by Crippen LogP contribution is 2.37. The normalized spacial score (nSPS) is 15.7. The number of aryl methyl sites for hydroxylation is 1. The largest absolute Gasteiger partial charge is 0.324 e. The van der Waals surface area contributed by atoms with E-state index >= 15 is 0 Å². The number of rotatable bonds is 5. The van der Waals surface area contributed by atoms with Gasteiger partial charge in [0.1, 0.15) is 12.4 Å². The highest BCUT2D eigenvalue weighted by atomic mass is 79.9. The predicted molar refractivity (Wildman–Crippen MR) is 122 cm³/mol. The van der Waals surface area contributed by atoms with Crippen molar-refractivity contribution in [3.63, 3.8) is 0 Å². The molecule has 31 heavy (non-hydrogen) atoms. The highest BCUT2D eigenvalue weighted by Gasteiger charge is 2.33. The number of carbonyl (C=O) groups excluding carboxylic acids is 2. The van der Waals surface area contributed by atoms with Gasteiger partial charge >= 0.3 is 0 Å². The first-order valence-corrected chi connectivity index (χ1v) is 11.0. The van der Waals surface area contributed by atoms with E-state index < -0.39 is 6.04 Å². The molecule has 1 unspecified atom stereocenters. The number of hydrogen-bond acceptors (Lipinski definition) is 2. The van der Waals surface area contributed by atoms with Gasteiger partial charge in [0.15, 0.2) is 0 Å². The lowest BCUT2D eigenvalue weighted by molar-refractivity contribution is -0.136. The maximum absolute atomic E-state index is 13.6. The van der Waals surface area contributed by atoms with Gasteiger partial charge < -0.3 is 10.2 Å². The number of hydrogen-bond donors (Lipinski definition) is 1. The Labute approximate surface area is 189 Å². The molecule has 0 spiro atoms. The summed E-state index contributed by atoms with van der Waals surface area (Å²) in [5.41, 5.74) is 3.38. The van der Waals surface area contributed by atoms with E-state index in [-0.39, 0.29) is 24.2 Å². The molecule has 1 aliphatic heterocycles. The Bertz CT molecular complexity index is 1090. The summed E-state index contributed by atoms with van der Waals surface area (Å²) in [6.07, 6.45) is 1.79. The van der Waals surface area contributed by atoms with Gasteiger partial charge in [0.05, 0.1) is 6.04 Å². The molecule has 1 heterocycles. The lowest BCUT2D eigenvalue weighted by Crippen LogP contribution is -2.38. The van der Waals surface area contributed by atoms with E-state index in [0.29, 0.717) is 18.5 Å². The van der Waals surface area contributed by atoms with Crippen LogP contribution in [0.3, 0.4) is 0 Å². The number of anilines is 1. The van der Waals surface area contributed by atoms with Gasteiger partial charge in [0.25, 0.3) is 0 Å². The van der Waals surface area contributed by atoms with Crippen LogP contribution in [0.1, 0.15) is 35.6 Å². The lowest BCUT2D eigenvalue weighted by atomic mass is 9.95. The molecule has 0 radical (unpaired) electrons. The zero-order valence-electron chi connectivity index (χ0n) is 16.9. The van der Waals surface area contributed by atoms with Crippen molar-refractivity contribution in [2.45, 2.75) is 25.3 Å². The highest BCUT2D eigenvalue weighted by molar-refractivity contribution is 9.10. The average molecular weight is 481 g/mol. The fourth-order valence-electron chi connectivity index (χ4n) is 3.95. The summed E-state index contributed by atoms with van der Waals surface area (Å²) in [4.78, 5) is 27.5. The molecule has 0 aliphatic carbocycles. The molecule has 6 heteroatoms. The van der Waals surface area contributed by atoms with Gasteiger partial charge in [-0.05, 0) is 54.3 Å². The van der Waals surface area contributed by atoms with Gasteiger partial charge in [-0.2, -0.15) is 0 Å². The minimum atomic E-state index is -0.490. The van der Waals surface area contributed by atoms with Crippen LogP contribution in [0.15, 0.2) is 77.3 Å². The zero-order chi connectivity index (χ0) is 21.8. The topological polar surface area (TPSA) is 49.4 Å². The minimum Gasteiger partial charge on any atom is -0.324 e. The molecule has 0 bridgehead atoms. The molecule has 0 saturated carbocycles. The quantitative estimate of drug-likeness (QED) is 0.525. The standard InChI is InChI=1S/C25H22BrFN2O2/c26-19-11-14-22-21(15-19)25(18-9-12-20(27)13-10-18)29(16-23(30)28-22)24(31)8-4-7-17-5-2-1-3-6-17/h1-3,5-6,9-15,25H,4,7-8,16H2,(H,28,30). The third kappa shape index (κ3) is 5.02. The van der Waals surface area contributed by atoms with Crippen molar-refractivity contribution in [1.29, 1.82) is 0 Å². The van der Waals surface area contributed by atoms with Crippen molar-refractivity contribution in [3.8, 4) is 0 Å². The second kappa shape index (κ2) is 9.43. The van der Waals surface area contributed by atoms with Crippen LogP contribution in [0.5, 0.6) is 0 Å². The SMILES string of the molecule is O=C1CN(C(=O)CCCc2ccccc2)C(c2ccc(F)cc2)c2cc(Br)ccc2N1. The number of carbonyl (C=O) groups is 2. The molecular weight excluding hydrogens is 459 g/mol. The Morgan fingerprint density at radius 1 is 1.06 bits per heavy atom. The van der Waals surface area contributed by atoms with E-state index in [1.165, 1.54) is 17.7 Å². The monoisotopic (exact) mass is 480 g/mol. The van der Waals surface area contributed by atoms with Crippen molar-refractivity contribution in [2.75, 3.05) is 11.9 Å². The Kier molecular flexibility index (Phi) is 6.47. The van der Waals surface area contributed by atoms with Crippen LogP contribution in [0.2, 0.25) is 0 Å². The first-order chi connectivity index (χ1) is 15.0. The molecule has 4 nitrogen and oxygen atoms in total. The Balaban J connectivity index is 1.65. The third-order valence-electron chi connectivity index (χ3n) is 5.41. The van der Waals surface area contributed by atoms with Crippen LogP contribution in [0.4, 0.5) is 10.1 Å². The van der Waals surface area contributed by atoms with Gasteiger partial charge in [-0.15, -0.1) is 0 Å². The van der Waals surface area contributed by atoms with E-state index in [9.17, 15) is 14.0 Å². The maximum atomic E-state index is 13.6. The van der Waals surface area contributed by atoms with E-state index in [1.54, 1.807) is 17.0 Å². The molecule has 158 valence electrons. The fraction of sp³-hybridized carbons (Fsp3) is 0.200. The van der Waals surface area contributed by atoms with Crippen LogP contribution < -0.4 is 5.32 Å². The Morgan fingerprint density at radius 2 is 1.81 bits per heavy atom. The van der Waals surface area contributed by atoms with E-state index in [0.717, 1.165) is 22.0 Å². The molecule has 4 rings (SSSR count). The first kappa shape index (κ1) is 21.2. The molecule has 2 amide bonds. The van der Waals surface area contributed by atoms with Gasteiger partial charge in [0, 0.05) is 22.1 Å². The number of amides is 2. The molecule has 1 atom stereocenters. The Morgan fingerprint density at radius 3 is 2.55 bits per heavy atom. The molecule has 0 fully saturated rings. The summed E-state index contributed by atoms with van der Waals surface area (Å²) in [6.45, 7) is -0.0570. The molecule has 0 aromatic heterocycles. The van der Waals surface area contributed by atoms with Crippen LogP contribution in [0.25, 0.3) is 0 Å².